The molecule has 0 aliphatic carbocycles. The van der Waals surface area contributed by atoms with E-state index in [-0.39, 0.29) is 17.1 Å². The van der Waals surface area contributed by atoms with Crippen LogP contribution in [0.2, 0.25) is 0 Å². The molecule has 3 rings (SSSR count). The van der Waals surface area contributed by atoms with Crippen LogP contribution in [0.3, 0.4) is 0 Å². The predicted molar refractivity (Wildman–Crippen MR) is 86.5 cm³/mol. The van der Waals surface area contributed by atoms with Crippen molar-refractivity contribution in [3.05, 3.63) is 41.4 Å². The molecule has 3 aromatic rings. The lowest BCUT2D eigenvalue weighted by molar-refractivity contribution is 0.420. The Balaban J connectivity index is 1.88. The highest BCUT2D eigenvalue weighted by Crippen LogP contribution is 2.29. The van der Waals surface area contributed by atoms with Crippen LogP contribution in [0, 0.1) is 11.3 Å². The average molecular weight is 329 g/mol. The van der Waals surface area contributed by atoms with Gasteiger partial charge in [-0.15, -0.1) is 21.5 Å². The van der Waals surface area contributed by atoms with E-state index >= 15 is 0 Å². The van der Waals surface area contributed by atoms with Crippen molar-refractivity contribution in [3.8, 4) is 6.07 Å². The topological polar surface area (TPSA) is 87.6 Å². The Morgan fingerprint density at radius 2 is 2.27 bits per heavy atom. The van der Waals surface area contributed by atoms with E-state index in [1.807, 2.05) is 37.4 Å². The molecule has 0 spiro atoms. The summed E-state index contributed by atoms with van der Waals surface area (Å²) in [6, 6.07) is 9.69. The Labute approximate surface area is 134 Å². The molecule has 0 unspecified atom stereocenters. The van der Waals surface area contributed by atoms with Gasteiger partial charge in [-0.25, -0.2) is 4.98 Å². The molecule has 0 atom stereocenters. The number of rotatable bonds is 4. The lowest BCUT2D eigenvalue weighted by Crippen LogP contribution is -1.95. The Morgan fingerprint density at radius 3 is 2.95 bits per heavy atom. The van der Waals surface area contributed by atoms with Crippen molar-refractivity contribution in [2.75, 3.05) is 5.75 Å². The van der Waals surface area contributed by atoms with Crippen LogP contribution in [0.15, 0.2) is 41.5 Å². The Bertz CT molecular complexity index is 857. The first-order valence-corrected chi connectivity index (χ1v) is 8.14. The number of benzene rings is 1. The average Bonchev–Trinajstić information content (AvgIpc) is 3.11. The molecule has 0 radical (unpaired) electrons. The fourth-order valence-corrected chi connectivity index (χ4v) is 3.57. The predicted octanol–water partition coefficient (Wildman–Crippen LogP) is 3.01. The summed E-state index contributed by atoms with van der Waals surface area (Å²) in [5.74, 6) is 0.236. The van der Waals surface area contributed by atoms with E-state index in [2.05, 4.69) is 15.2 Å². The maximum Gasteiger partial charge on any atom is 0.191 e. The van der Waals surface area contributed by atoms with Crippen LogP contribution >= 0.6 is 23.1 Å². The quantitative estimate of drug-likeness (QED) is 0.450. The van der Waals surface area contributed by atoms with Crippen LogP contribution in [0.25, 0.3) is 15.8 Å². The third-order valence-corrected chi connectivity index (χ3v) is 5.02. The van der Waals surface area contributed by atoms with Crippen molar-refractivity contribution in [3.63, 3.8) is 0 Å². The molecule has 0 aliphatic rings. The zero-order chi connectivity index (χ0) is 15.5. The number of nitriles is 1. The van der Waals surface area contributed by atoms with Crippen LogP contribution in [0.1, 0.15) is 5.01 Å². The molecule has 6 nitrogen and oxygen atoms in total. The minimum atomic E-state index is -0.00504. The normalized spacial score (nSPS) is 12.2. The highest BCUT2D eigenvalue weighted by atomic mass is 32.2. The summed E-state index contributed by atoms with van der Waals surface area (Å²) >= 11 is 2.71. The minimum Gasteiger partial charge on any atom is -0.510 e. The lowest BCUT2D eigenvalue weighted by atomic mass is 10.2. The number of thioether (sulfide) groups is 1. The molecule has 22 heavy (non-hydrogen) atoms. The number of aryl methyl sites for hydroxylation is 1. The highest BCUT2D eigenvalue weighted by Gasteiger charge is 2.14. The second-order valence-corrected chi connectivity index (χ2v) is 6.41. The number of aromatic nitrogens is 4. The van der Waals surface area contributed by atoms with Crippen molar-refractivity contribution in [1.29, 1.82) is 5.26 Å². The number of thiazole rings is 1. The molecule has 0 aliphatic heterocycles. The Hall–Kier alpha value is -2.37. The summed E-state index contributed by atoms with van der Waals surface area (Å²) < 4.78 is 2.74. The molecule has 8 heteroatoms. The fourth-order valence-electron chi connectivity index (χ4n) is 1.82. The van der Waals surface area contributed by atoms with Gasteiger partial charge in [-0.1, -0.05) is 23.9 Å². The number of para-hydroxylation sites is 1. The molecule has 0 amide bonds. The molecule has 1 N–H and O–H groups in total. The second kappa shape index (κ2) is 6.17. The third kappa shape index (κ3) is 2.81. The van der Waals surface area contributed by atoms with E-state index in [0.717, 1.165) is 10.2 Å². The number of hydrogen-bond acceptors (Lipinski definition) is 7. The van der Waals surface area contributed by atoms with Crippen LogP contribution in [0.5, 0.6) is 0 Å². The number of nitrogens with zero attached hydrogens (tertiary/aromatic N) is 5. The molecular weight excluding hydrogens is 318 g/mol. The summed E-state index contributed by atoms with van der Waals surface area (Å²) in [6.07, 6.45) is 1.59. The molecule has 2 heterocycles. The number of allylic oxidation sites excluding steroid dienone is 1. The first-order valence-electron chi connectivity index (χ1n) is 6.34. The number of aliphatic hydroxyl groups is 1. The molecule has 2 aromatic heterocycles. The molecule has 0 fully saturated rings. The maximum atomic E-state index is 10.2. The summed E-state index contributed by atoms with van der Waals surface area (Å²) in [5.41, 5.74) is 1.03. The molecule has 0 saturated heterocycles. The van der Waals surface area contributed by atoms with Gasteiger partial charge in [-0.2, -0.15) is 5.26 Å². The van der Waals surface area contributed by atoms with Crippen LogP contribution in [-0.2, 0) is 7.05 Å². The van der Waals surface area contributed by atoms with Gasteiger partial charge in [0.05, 0.1) is 16.0 Å². The number of hydrogen-bond donors (Lipinski definition) is 1. The second-order valence-electron chi connectivity index (χ2n) is 4.43. The fraction of sp³-hybridized carbons (Fsp3) is 0.143. The van der Waals surface area contributed by atoms with Gasteiger partial charge in [0.15, 0.2) is 5.16 Å². The van der Waals surface area contributed by atoms with E-state index in [1.54, 1.807) is 10.9 Å². The largest absolute Gasteiger partial charge is 0.510 e. The summed E-state index contributed by atoms with van der Waals surface area (Å²) in [5, 5.41) is 28.5. The van der Waals surface area contributed by atoms with Gasteiger partial charge >= 0.3 is 0 Å². The van der Waals surface area contributed by atoms with Gasteiger partial charge in [0.25, 0.3) is 0 Å². The third-order valence-electron chi connectivity index (χ3n) is 2.92. The van der Waals surface area contributed by atoms with Gasteiger partial charge in [-0.3, -0.25) is 0 Å². The van der Waals surface area contributed by atoms with Crippen molar-refractivity contribution < 1.29 is 5.11 Å². The van der Waals surface area contributed by atoms with Gasteiger partial charge in [0.1, 0.15) is 28.7 Å². The SMILES string of the molecule is Cn1cnnc1SCC(O)=C(C#N)c1nc2ccccc2s1. The molecule has 110 valence electrons. The zero-order valence-corrected chi connectivity index (χ0v) is 13.2. The first kappa shape index (κ1) is 14.6. The minimum absolute atomic E-state index is 0.00504. The first-order chi connectivity index (χ1) is 10.7. The van der Waals surface area contributed by atoms with E-state index in [4.69, 9.17) is 0 Å². The standard InChI is InChI=1S/C14H11N5OS2/c1-19-8-16-18-14(19)21-7-11(20)9(6-15)13-17-10-4-2-3-5-12(10)22-13/h2-5,8,20H,7H2,1H3. The molecule has 0 saturated carbocycles. The summed E-state index contributed by atoms with van der Waals surface area (Å²) in [4.78, 5) is 4.40. The van der Waals surface area contributed by atoms with Crippen LogP contribution in [0.4, 0.5) is 0 Å². The lowest BCUT2D eigenvalue weighted by Gasteiger charge is -2.02. The van der Waals surface area contributed by atoms with Gasteiger partial charge < -0.3 is 9.67 Å². The van der Waals surface area contributed by atoms with Crippen LogP contribution < -0.4 is 0 Å². The Kier molecular flexibility index (Phi) is 4.09. The van der Waals surface area contributed by atoms with Gasteiger partial charge in [0, 0.05) is 7.05 Å². The van der Waals surface area contributed by atoms with E-state index < -0.39 is 0 Å². The van der Waals surface area contributed by atoms with Crippen molar-refractivity contribution >= 4 is 38.9 Å². The molecule has 1 aromatic carbocycles. The number of fused-ring (bicyclic) bond motifs is 1. The molecular formula is C14H11N5OS2. The smallest absolute Gasteiger partial charge is 0.191 e. The Morgan fingerprint density at radius 1 is 1.45 bits per heavy atom. The molecule has 0 bridgehead atoms. The highest BCUT2D eigenvalue weighted by molar-refractivity contribution is 7.99. The zero-order valence-electron chi connectivity index (χ0n) is 11.6. The van der Waals surface area contributed by atoms with E-state index in [0.29, 0.717) is 10.2 Å². The maximum absolute atomic E-state index is 10.2. The summed E-state index contributed by atoms with van der Waals surface area (Å²) in [7, 11) is 1.82. The van der Waals surface area contributed by atoms with Crippen LogP contribution in [-0.4, -0.2) is 30.6 Å². The van der Waals surface area contributed by atoms with Crippen molar-refractivity contribution in [2.24, 2.45) is 7.05 Å². The van der Waals surface area contributed by atoms with Gasteiger partial charge in [-0.05, 0) is 12.1 Å². The number of aliphatic hydroxyl groups excluding tert-OH is 1. The van der Waals surface area contributed by atoms with E-state index in [9.17, 15) is 10.4 Å². The summed E-state index contributed by atoms with van der Waals surface area (Å²) in [6.45, 7) is 0. The van der Waals surface area contributed by atoms with Crippen molar-refractivity contribution in [1.82, 2.24) is 19.7 Å². The van der Waals surface area contributed by atoms with E-state index in [1.165, 1.54) is 23.1 Å². The van der Waals surface area contributed by atoms with Gasteiger partial charge in [0.2, 0.25) is 0 Å². The van der Waals surface area contributed by atoms with Crippen molar-refractivity contribution in [2.45, 2.75) is 5.16 Å². The monoisotopic (exact) mass is 329 g/mol.